The average molecular weight is 522 g/mol. The van der Waals surface area contributed by atoms with Crippen molar-refractivity contribution in [2.24, 2.45) is 14.1 Å². The number of rotatable bonds is 4. The lowest BCUT2D eigenvalue weighted by Gasteiger charge is -2.35. The van der Waals surface area contributed by atoms with Gasteiger partial charge in [0.1, 0.15) is 0 Å². The molecule has 4 aromatic rings. The molecule has 1 aliphatic rings. The Bertz CT molecular complexity index is 1580. The van der Waals surface area contributed by atoms with Crippen LogP contribution in [0, 0.1) is 6.92 Å². The predicted octanol–water partition coefficient (Wildman–Crippen LogP) is 2.80. The number of aryl methyl sites for hydroxylation is 2. The normalized spacial score (nSPS) is 13.8. The Labute approximate surface area is 218 Å². The lowest BCUT2D eigenvalue weighted by Crippen LogP contribution is -2.50. The first-order valence-electron chi connectivity index (χ1n) is 12.0. The van der Waals surface area contributed by atoms with Crippen LogP contribution in [0.5, 0.6) is 0 Å². The Hall–Kier alpha value is -4.05. The summed E-state index contributed by atoms with van der Waals surface area (Å²) in [7, 11) is 3.10. The fraction of sp³-hybridized carbons (Fsp3) is 0.308. The Morgan fingerprint density at radius 3 is 2.24 bits per heavy atom. The van der Waals surface area contributed by atoms with E-state index in [2.05, 4.69) is 10.2 Å². The second-order valence-electron chi connectivity index (χ2n) is 9.27. The van der Waals surface area contributed by atoms with Gasteiger partial charge < -0.3 is 15.1 Å². The largest absolute Gasteiger partial charge is 0.339 e. The molecule has 10 nitrogen and oxygen atoms in total. The van der Waals surface area contributed by atoms with Crippen LogP contribution < -0.4 is 21.5 Å². The second kappa shape index (κ2) is 9.78. The minimum Gasteiger partial charge on any atom is -0.339 e. The number of hydrogen-bond acceptors (Lipinski definition) is 5. The number of halogens is 1. The Morgan fingerprint density at radius 2 is 1.59 bits per heavy atom. The van der Waals surface area contributed by atoms with Crippen molar-refractivity contribution < 1.29 is 4.79 Å². The standard InChI is InChI=1S/C26H28ClN7O3/c1-17-4-6-18(7-5-17)16-34-21-22(30(2)26(37)31(3)23(21)35)29-24(34)32-12-14-33(15-13-32)25(36)28-20-10-8-19(27)9-11-20/h4-11H,12-16H2,1-3H3,(H,28,36). The van der Waals surface area contributed by atoms with Gasteiger partial charge >= 0.3 is 11.7 Å². The van der Waals surface area contributed by atoms with Gasteiger partial charge in [-0.05, 0) is 36.8 Å². The molecule has 2 aromatic heterocycles. The maximum atomic E-state index is 13.2. The monoisotopic (exact) mass is 521 g/mol. The molecule has 0 bridgehead atoms. The minimum atomic E-state index is -0.423. The lowest BCUT2D eigenvalue weighted by molar-refractivity contribution is 0.208. The molecule has 2 amide bonds. The molecule has 2 aromatic carbocycles. The summed E-state index contributed by atoms with van der Waals surface area (Å²) in [6.07, 6.45) is 0. The number of fused-ring (bicyclic) bond motifs is 1. The summed E-state index contributed by atoms with van der Waals surface area (Å²) in [6.45, 7) is 4.46. The van der Waals surface area contributed by atoms with Gasteiger partial charge in [-0.15, -0.1) is 0 Å². The molecule has 0 atom stereocenters. The van der Waals surface area contributed by atoms with Crippen molar-refractivity contribution in [1.82, 2.24) is 23.6 Å². The van der Waals surface area contributed by atoms with Gasteiger partial charge in [-0.25, -0.2) is 9.59 Å². The summed E-state index contributed by atoms with van der Waals surface area (Å²) >= 11 is 5.93. The van der Waals surface area contributed by atoms with E-state index in [1.807, 2.05) is 35.8 Å². The topological polar surface area (TPSA) is 97.4 Å². The quantitative estimate of drug-likeness (QED) is 0.445. The maximum Gasteiger partial charge on any atom is 0.332 e. The number of urea groups is 1. The van der Waals surface area contributed by atoms with Crippen LogP contribution in [0.1, 0.15) is 11.1 Å². The molecule has 1 fully saturated rings. The van der Waals surface area contributed by atoms with Gasteiger partial charge in [0.25, 0.3) is 5.56 Å². The van der Waals surface area contributed by atoms with Gasteiger partial charge in [-0.2, -0.15) is 4.98 Å². The first-order chi connectivity index (χ1) is 17.7. The van der Waals surface area contributed by atoms with Crippen LogP contribution in [0.3, 0.4) is 0 Å². The molecule has 192 valence electrons. The molecule has 0 saturated carbocycles. The second-order valence-corrected chi connectivity index (χ2v) is 9.71. The molecule has 3 heterocycles. The fourth-order valence-electron chi connectivity index (χ4n) is 4.55. The van der Waals surface area contributed by atoms with E-state index in [4.69, 9.17) is 16.6 Å². The molecule has 0 unspecified atom stereocenters. The molecular formula is C26H28ClN7O3. The molecular weight excluding hydrogens is 494 g/mol. The number of piperazine rings is 1. The SMILES string of the molecule is Cc1ccc(Cn2c(N3CCN(C(=O)Nc4ccc(Cl)cc4)CC3)nc3c2c(=O)n(C)c(=O)n3C)cc1. The van der Waals surface area contributed by atoms with Crippen LogP contribution in [0.2, 0.25) is 5.02 Å². The van der Waals surface area contributed by atoms with E-state index in [0.29, 0.717) is 60.5 Å². The van der Waals surface area contributed by atoms with E-state index >= 15 is 0 Å². The number of carbonyl (C=O) groups is 1. The lowest BCUT2D eigenvalue weighted by atomic mass is 10.1. The van der Waals surface area contributed by atoms with Gasteiger partial charge in [0.05, 0.1) is 6.54 Å². The number of hydrogen-bond donors (Lipinski definition) is 1. The number of aromatic nitrogens is 4. The van der Waals surface area contributed by atoms with Crippen LogP contribution >= 0.6 is 11.6 Å². The molecule has 5 rings (SSSR count). The first-order valence-corrected chi connectivity index (χ1v) is 12.4. The molecule has 0 spiro atoms. The van der Waals surface area contributed by atoms with Gasteiger partial charge in [-0.3, -0.25) is 18.5 Å². The zero-order valence-electron chi connectivity index (χ0n) is 20.9. The van der Waals surface area contributed by atoms with Crippen LogP contribution in [0.15, 0.2) is 58.1 Å². The molecule has 1 saturated heterocycles. The summed E-state index contributed by atoms with van der Waals surface area (Å²) in [6, 6.07) is 14.9. The summed E-state index contributed by atoms with van der Waals surface area (Å²) in [5, 5.41) is 3.50. The number of benzene rings is 2. The molecule has 1 N–H and O–H groups in total. The van der Waals surface area contributed by atoms with E-state index in [1.54, 1.807) is 36.2 Å². The number of nitrogens with zero attached hydrogens (tertiary/aromatic N) is 6. The summed E-state index contributed by atoms with van der Waals surface area (Å²) < 4.78 is 4.39. The van der Waals surface area contributed by atoms with E-state index in [0.717, 1.165) is 15.7 Å². The van der Waals surface area contributed by atoms with E-state index in [-0.39, 0.29) is 11.6 Å². The van der Waals surface area contributed by atoms with Crippen molar-refractivity contribution >= 4 is 40.4 Å². The minimum absolute atomic E-state index is 0.189. The van der Waals surface area contributed by atoms with Gasteiger partial charge in [0, 0.05) is 51.0 Å². The maximum absolute atomic E-state index is 13.2. The van der Waals surface area contributed by atoms with Crippen molar-refractivity contribution in [3.8, 4) is 0 Å². The van der Waals surface area contributed by atoms with Crippen LogP contribution in [0.4, 0.5) is 16.4 Å². The zero-order valence-corrected chi connectivity index (χ0v) is 21.7. The van der Waals surface area contributed by atoms with Gasteiger partial charge in [-0.1, -0.05) is 41.4 Å². The summed E-state index contributed by atoms with van der Waals surface area (Å²) in [5.41, 5.74) is 2.75. The number of amides is 2. The number of imidazole rings is 1. The fourth-order valence-corrected chi connectivity index (χ4v) is 4.67. The molecule has 11 heteroatoms. The summed E-state index contributed by atoms with van der Waals surface area (Å²) in [5.74, 6) is 0.603. The first kappa shape index (κ1) is 24.6. The van der Waals surface area contributed by atoms with Crippen LogP contribution in [-0.4, -0.2) is 55.8 Å². The Morgan fingerprint density at radius 1 is 0.946 bits per heavy atom. The van der Waals surface area contributed by atoms with Crippen molar-refractivity contribution in [1.29, 1.82) is 0 Å². The third kappa shape index (κ3) is 4.72. The number of carbonyl (C=O) groups excluding carboxylic acids is 1. The third-order valence-electron chi connectivity index (χ3n) is 6.73. The highest BCUT2D eigenvalue weighted by atomic mass is 35.5. The Kier molecular flexibility index (Phi) is 6.51. The van der Waals surface area contributed by atoms with E-state index in [9.17, 15) is 14.4 Å². The van der Waals surface area contributed by atoms with E-state index in [1.165, 1.54) is 11.6 Å². The van der Waals surface area contributed by atoms with Crippen LogP contribution in [-0.2, 0) is 20.6 Å². The highest BCUT2D eigenvalue weighted by molar-refractivity contribution is 6.30. The number of nitrogens with one attached hydrogen (secondary N) is 1. The average Bonchev–Trinajstić information content (AvgIpc) is 3.28. The van der Waals surface area contributed by atoms with Crippen molar-refractivity contribution in [3.63, 3.8) is 0 Å². The molecule has 0 aliphatic carbocycles. The van der Waals surface area contributed by atoms with Crippen molar-refractivity contribution in [2.45, 2.75) is 13.5 Å². The van der Waals surface area contributed by atoms with Crippen LogP contribution in [0.25, 0.3) is 11.2 Å². The molecule has 37 heavy (non-hydrogen) atoms. The highest BCUT2D eigenvalue weighted by Crippen LogP contribution is 2.23. The van der Waals surface area contributed by atoms with E-state index < -0.39 is 5.69 Å². The van der Waals surface area contributed by atoms with Crippen molar-refractivity contribution in [2.75, 3.05) is 36.4 Å². The highest BCUT2D eigenvalue weighted by Gasteiger charge is 2.27. The number of anilines is 2. The Balaban J connectivity index is 1.44. The van der Waals surface area contributed by atoms with Crippen molar-refractivity contribution in [3.05, 3.63) is 85.5 Å². The smallest absolute Gasteiger partial charge is 0.332 e. The molecule has 1 aliphatic heterocycles. The zero-order chi connectivity index (χ0) is 26.3. The molecule has 0 radical (unpaired) electrons. The third-order valence-corrected chi connectivity index (χ3v) is 6.99. The van der Waals surface area contributed by atoms with Gasteiger partial charge in [0.15, 0.2) is 11.2 Å². The van der Waals surface area contributed by atoms with Gasteiger partial charge in [0.2, 0.25) is 5.95 Å². The summed E-state index contributed by atoms with van der Waals surface area (Å²) in [4.78, 5) is 47.2. The predicted molar refractivity (Wildman–Crippen MR) is 145 cm³/mol.